The second kappa shape index (κ2) is 7.94. The molecule has 0 amide bonds. The number of carboxylic acid groups (broad SMARTS) is 1. The number of nitrogens with zero attached hydrogens (tertiary/aromatic N) is 1. The van der Waals surface area contributed by atoms with Gasteiger partial charge in [-0.15, -0.1) is 0 Å². The Morgan fingerprint density at radius 3 is 2.80 bits per heavy atom. The van der Waals surface area contributed by atoms with Gasteiger partial charge in [0.1, 0.15) is 5.82 Å². The van der Waals surface area contributed by atoms with Gasteiger partial charge in [0.15, 0.2) is 0 Å². The van der Waals surface area contributed by atoms with Gasteiger partial charge in [0, 0.05) is 24.9 Å². The summed E-state index contributed by atoms with van der Waals surface area (Å²) in [5.74, 6) is -0.360. The molecule has 1 aromatic carbocycles. The monoisotopic (exact) mass is 297 g/mol. The number of aliphatic carboxylic acids is 1. The first-order valence-corrected chi connectivity index (χ1v) is 7.76. The van der Waals surface area contributed by atoms with Crippen molar-refractivity contribution in [3.05, 3.63) is 35.7 Å². The summed E-state index contributed by atoms with van der Waals surface area (Å²) in [4.78, 5) is 12.5. The zero-order chi connectivity index (χ0) is 15.1. The predicted octanol–water partition coefficient (Wildman–Crippen LogP) is 3.50. The number of halogens is 1. The fraction of sp³-hybridized carbons (Fsp3) is 0.400. The van der Waals surface area contributed by atoms with Crippen LogP contribution in [0.1, 0.15) is 18.9 Å². The minimum absolute atomic E-state index is 0.292. The summed E-state index contributed by atoms with van der Waals surface area (Å²) in [5.41, 5.74) is 1.30. The molecule has 0 aliphatic heterocycles. The molecule has 0 saturated heterocycles. The number of thioether (sulfide) groups is 1. The van der Waals surface area contributed by atoms with Crippen molar-refractivity contribution in [2.75, 3.05) is 24.0 Å². The van der Waals surface area contributed by atoms with Gasteiger partial charge < -0.3 is 10.0 Å². The molecular formula is C15H20FNO2S. The first-order chi connectivity index (χ1) is 9.43. The van der Waals surface area contributed by atoms with Crippen molar-refractivity contribution in [1.82, 2.24) is 0 Å². The summed E-state index contributed by atoms with van der Waals surface area (Å²) in [6, 6.07) is 4.87. The fourth-order valence-electron chi connectivity index (χ4n) is 1.80. The topological polar surface area (TPSA) is 40.5 Å². The second-order valence-electron chi connectivity index (χ2n) is 4.66. The molecule has 0 radical (unpaired) electrons. The van der Waals surface area contributed by atoms with Crippen molar-refractivity contribution in [2.24, 2.45) is 0 Å². The molecular weight excluding hydrogens is 277 g/mol. The highest BCUT2D eigenvalue weighted by atomic mass is 32.2. The van der Waals surface area contributed by atoms with Gasteiger partial charge in [-0.2, -0.15) is 11.8 Å². The Labute approximate surface area is 123 Å². The van der Waals surface area contributed by atoms with E-state index in [9.17, 15) is 9.18 Å². The molecule has 0 spiro atoms. The predicted molar refractivity (Wildman–Crippen MR) is 83.9 cm³/mol. The average molecular weight is 297 g/mol. The van der Waals surface area contributed by atoms with Crippen LogP contribution >= 0.6 is 11.8 Å². The van der Waals surface area contributed by atoms with Crippen LogP contribution in [-0.4, -0.2) is 36.2 Å². The number of carbonyl (C=O) groups is 1. The molecule has 1 aromatic rings. The van der Waals surface area contributed by atoms with E-state index >= 15 is 0 Å². The Morgan fingerprint density at radius 2 is 2.20 bits per heavy atom. The Bertz CT molecular complexity index is 491. The summed E-state index contributed by atoms with van der Waals surface area (Å²) < 4.78 is 13.6. The largest absolute Gasteiger partial charge is 0.478 e. The van der Waals surface area contributed by atoms with Gasteiger partial charge in [0.05, 0.1) is 0 Å². The maximum absolute atomic E-state index is 13.6. The zero-order valence-corrected chi connectivity index (χ0v) is 12.8. The van der Waals surface area contributed by atoms with Crippen molar-refractivity contribution in [3.8, 4) is 0 Å². The first-order valence-electron chi connectivity index (χ1n) is 6.37. The molecule has 110 valence electrons. The second-order valence-corrected chi connectivity index (χ2v) is 5.64. The number of rotatable bonds is 7. The summed E-state index contributed by atoms with van der Waals surface area (Å²) in [6.07, 6.45) is 5.48. The van der Waals surface area contributed by atoms with E-state index in [1.165, 1.54) is 18.2 Å². The van der Waals surface area contributed by atoms with Gasteiger partial charge in [-0.1, -0.05) is 0 Å². The standard InChI is InChI=1S/C15H20FNO2S/c1-11(6-7-20-3)17(2)14-9-12(4-5-15(18)19)8-13(16)10-14/h4-5,8-11H,6-7H2,1-3H3,(H,18,19)/b5-4+. The Balaban J connectivity index is 2.91. The van der Waals surface area contributed by atoms with Crippen molar-refractivity contribution in [2.45, 2.75) is 19.4 Å². The van der Waals surface area contributed by atoms with Crippen LogP contribution in [0, 0.1) is 5.82 Å². The maximum Gasteiger partial charge on any atom is 0.328 e. The molecule has 1 atom stereocenters. The molecule has 0 fully saturated rings. The van der Waals surface area contributed by atoms with E-state index < -0.39 is 5.97 Å². The van der Waals surface area contributed by atoms with E-state index in [0.717, 1.165) is 23.9 Å². The number of hydrogen-bond donors (Lipinski definition) is 1. The smallest absolute Gasteiger partial charge is 0.328 e. The summed E-state index contributed by atoms with van der Waals surface area (Å²) in [6.45, 7) is 2.09. The lowest BCUT2D eigenvalue weighted by Gasteiger charge is -2.27. The highest BCUT2D eigenvalue weighted by molar-refractivity contribution is 7.98. The molecule has 3 nitrogen and oxygen atoms in total. The molecule has 0 aliphatic carbocycles. The van der Waals surface area contributed by atoms with Gasteiger partial charge in [-0.05, 0) is 55.2 Å². The third-order valence-corrected chi connectivity index (χ3v) is 3.78. The fourth-order valence-corrected chi connectivity index (χ4v) is 2.38. The Hall–Kier alpha value is -1.49. The molecule has 1 unspecified atom stereocenters. The van der Waals surface area contributed by atoms with Crippen molar-refractivity contribution in [1.29, 1.82) is 0 Å². The Kier molecular flexibility index (Phi) is 6.58. The molecule has 5 heteroatoms. The molecule has 0 heterocycles. The normalized spacial score (nSPS) is 12.6. The third kappa shape index (κ3) is 5.25. The first kappa shape index (κ1) is 16.6. The third-order valence-electron chi connectivity index (χ3n) is 3.13. The van der Waals surface area contributed by atoms with Crippen LogP contribution in [0.15, 0.2) is 24.3 Å². The van der Waals surface area contributed by atoms with Crippen LogP contribution < -0.4 is 4.90 Å². The molecule has 0 aliphatic rings. The van der Waals surface area contributed by atoms with Crippen molar-refractivity contribution < 1.29 is 14.3 Å². The highest BCUT2D eigenvalue weighted by Gasteiger charge is 2.11. The summed E-state index contributed by atoms with van der Waals surface area (Å²) in [7, 11) is 1.92. The average Bonchev–Trinajstić information content (AvgIpc) is 2.41. The van der Waals surface area contributed by atoms with Gasteiger partial charge >= 0.3 is 5.97 Å². The lowest BCUT2D eigenvalue weighted by molar-refractivity contribution is -0.131. The van der Waals surface area contributed by atoms with E-state index in [2.05, 4.69) is 13.2 Å². The quantitative estimate of drug-likeness (QED) is 0.782. The molecule has 20 heavy (non-hydrogen) atoms. The van der Waals surface area contributed by atoms with Crippen LogP contribution in [0.5, 0.6) is 0 Å². The molecule has 0 bridgehead atoms. The minimum atomic E-state index is -1.04. The van der Waals surface area contributed by atoms with Gasteiger partial charge in [0.2, 0.25) is 0 Å². The highest BCUT2D eigenvalue weighted by Crippen LogP contribution is 2.21. The van der Waals surface area contributed by atoms with Gasteiger partial charge in [-0.3, -0.25) is 0 Å². The van der Waals surface area contributed by atoms with E-state index in [0.29, 0.717) is 11.6 Å². The van der Waals surface area contributed by atoms with E-state index in [4.69, 9.17) is 5.11 Å². The van der Waals surface area contributed by atoms with Crippen molar-refractivity contribution in [3.63, 3.8) is 0 Å². The number of anilines is 1. The maximum atomic E-state index is 13.6. The summed E-state index contributed by atoms with van der Waals surface area (Å²) in [5, 5.41) is 8.61. The molecule has 0 aromatic heterocycles. The van der Waals surface area contributed by atoms with Crippen LogP contribution in [0.3, 0.4) is 0 Å². The Morgan fingerprint density at radius 1 is 1.50 bits per heavy atom. The van der Waals surface area contributed by atoms with E-state index in [-0.39, 0.29) is 5.82 Å². The number of carboxylic acids is 1. The van der Waals surface area contributed by atoms with Crippen molar-refractivity contribution >= 4 is 29.5 Å². The van der Waals surface area contributed by atoms with Crippen LogP contribution in [-0.2, 0) is 4.79 Å². The summed E-state index contributed by atoms with van der Waals surface area (Å²) >= 11 is 1.78. The van der Waals surface area contributed by atoms with Crippen LogP contribution in [0.2, 0.25) is 0 Å². The molecule has 1 N–H and O–H groups in total. The van der Waals surface area contributed by atoms with Gasteiger partial charge in [0.25, 0.3) is 0 Å². The number of hydrogen-bond acceptors (Lipinski definition) is 3. The molecule has 1 rings (SSSR count). The molecule has 0 saturated carbocycles. The van der Waals surface area contributed by atoms with Crippen LogP contribution in [0.4, 0.5) is 10.1 Å². The minimum Gasteiger partial charge on any atom is -0.478 e. The van der Waals surface area contributed by atoms with E-state index in [1.807, 2.05) is 11.9 Å². The van der Waals surface area contributed by atoms with Gasteiger partial charge in [-0.25, -0.2) is 9.18 Å². The van der Waals surface area contributed by atoms with E-state index in [1.54, 1.807) is 17.8 Å². The lowest BCUT2D eigenvalue weighted by atomic mass is 10.1. The number of benzene rings is 1. The van der Waals surface area contributed by atoms with Crippen LogP contribution in [0.25, 0.3) is 6.08 Å². The zero-order valence-electron chi connectivity index (χ0n) is 12.0. The lowest BCUT2D eigenvalue weighted by Crippen LogP contribution is -2.29. The SMILES string of the molecule is CSCCC(C)N(C)c1cc(F)cc(/C=C/C(=O)O)c1.